The van der Waals surface area contributed by atoms with E-state index in [-0.39, 0.29) is 17.3 Å². The Hall–Kier alpha value is -3.22. The van der Waals surface area contributed by atoms with Crippen molar-refractivity contribution >= 4 is 17.6 Å². The molecule has 0 aromatic heterocycles. The van der Waals surface area contributed by atoms with Gasteiger partial charge in [-0.3, -0.25) is 14.9 Å². The van der Waals surface area contributed by atoms with Gasteiger partial charge in [-0.05, 0) is 30.9 Å². The van der Waals surface area contributed by atoms with Crippen LogP contribution in [0.2, 0.25) is 0 Å². The Kier molecular flexibility index (Phi) is 7.26. The number of para-hydroxylation sites is 1. The number of carbonyl (C=O) groups is 2. The monoisotopic (exact) mass is 384 g/mol. The molecular weight excluding hydrogens is 360 g/mol. The molecule has 2 aromatic carbocycles. The fraction of sp³-hybridized carbons (Fsp3) is 0.333. The first-order valence-corrected chi connectivity index (χ1v) is 9.05. The summed E-state index contributed by atoms with van der Waals surface area (Å²) in [5, 5.41) is 14.1. The van der Waals surface area contributed by atoms with Gasteiger partial charge in [0.2, 0.25) is 0 Å². The van der Waals surface area contributed by atoms with Crippen LogP contribution in [0.15, 0.2) is 48.5 Å². The molecule has 28 heavy (non-hydrogen) atoms. The van der Waals surface area contributed by atoms with Crippen LogP contribution in [0.4, 0.5) is 5.69 Å². The zero-order valence-corrected chi connectivity index (χ0v) is 16.2. The third-order valence-corrected chi connectivity index (χ3v) is 4.22. The van der Waals surface area contributed by atoms with Crippen LogP contribution in [0, 0.1) is 23.0 Å². The number of esters is 1. The number of hydrogen-bond donors (Lipinski definition) is 1. The van der Waals surface area contributed by atoms with Crippen LogP contribution in [0.25, 0.3) is 0 Å². The van der Waals surface area contributed by atoms with E-state index in [0.29, 0.717) is 11.5 Å². The molecule has 0 aliphatic carbocycles. The van der Waals surface area contributed by atoms with E-state index in [9.17, 15) is 19.7 Å². The summed E-state index contributed by atoms with van der Waals surface area (Å²) in [6.45, 7) is 5.14. The van der Waals surface area contributed by atoms with Gasteiger partial charge in [0.15, 0.2) is 6.61 Å². The summed E-state index contributed by atoms with van der Waals surface area (Å²) in [7, 11) is 0. The molecule has 0 saturated heterocycles. The predicted molar refractivity (Wildman–Crippen MR) is 105 cm³/mol. The van der Waals surface area contributed by atoms with Crippen molar-refractivity contribution in [2.75, 3.05) is 6.61 Å². The molecule has 7 nitrogen and oxygen atoms in total. The maximum Gasteiger partial charge on any atom is 0.345 e. The normalized spacial score (nSPS) is 11.7. The lowest BCUT2D eigenvalue weighted by Crippen LogP contribution is -2.33. The van der Waals surface area contributed by atoms with Gasteiger partial charge in [-0.1, -0.05) is 56.3 Å². The van der Waals surface area contributed by atoms with E-state index in [0.717, 1.165) is 12.0 Å². The molecular formula is C21H24N2O5. The van der Waals surface area contributed by atoms with Crippen LogP contribution < -0.4 is 5.32 Å². The summed E-state index contributed by atoms with van der Waals surface area (Å²) in [5.41, 5.74) is 0.838. The van der Waals surface area contributed by atoms with Crippen LogP contribution in [0.5, 0.6) is 0 Å². The van der Waals surface area contributed by atoms with Gasteiger partial charge in [0.05, 0.1) is 11.0 Å². The third kappa shape index (κ3) is 5.64. The standard InChI is InChI=1S/C21H24N2O5/c1-14(2)12-18(16-9-5-4-6-10-16)22-19(24)13-28-21(25)17-11-7-8-15(3)20(17)23(26)27/h4-11,14,18H,12-13H2,1-3H3,(H,22,24)/t18-/m0/s1. The predicted octanol–water partition coefficient (Wildman–Crippen LogP) is 3.96. The fourth-order valence-corrected chi connectivity index (χ4v) is 2.95. The topological polar surface area (TPSA) is 98.5 Å². The first kappa shape index (κ1) is 21.1. The Morgan fingerprint density at radius 1 is 1.11 bits per heavy atom. The summed E-state index contributed by atoms with van der Waals surface area (Å²) in [4.78, 5) is 35.1. The van der Waals surface area contributed by atoms with Gasteiger partial charge in [0.1, 0.15) is 5.56 Å². The minimum Gasteiger partial charge on any atom is -0.452 e. The molecule has 7 heteroatoms. The van der Waals surface area contributed by atoms with Crippen LogP contribution in [-0.4, -0.2) is 23.4 Å². The van der Waals surface area contributed by atoms with Gasteiger partial charge in [-0.2, -0.15) is 0 Å². The molecule has 2 aromatic rings. The van der Waals surface area contributed by atoms with E-state index in [2.05, 4.69) is 19.2 Å². The molecule has 0 spiro atoms. The summed E-state index contributed by atoms with van der Waals surface area (Å²) >= 11 is 0. The Balaban J connectivity index is 2.04. The number of carbonyl (C=O) groups excluding carboxylic acids is 2. The first-order chi connectivity index (χ1) is 13.3. The van der Waals surface area contributed by atoms with Crippen molar-refractivity contribution in [3.8, 4) is 0 Å². The summed E-state index contributed by atoms with van der Waals surface area (Å²) in [6.07, 6.45) is 0.729. The van der Waals surface area contributed by atoms with Crippen molar-refractivity contribution in [3.05, 3.63) is 75.3 Å². The van der Waals surface area contributed by atoms with Crippen LogP contribution in [-0.2, 0) is 9.53 Å². The van der Waals surface area contributed by atoms with E-state index in [4.69, 9.17) is 4.74 Å². The number of nitro groups is 1. The van der Waals surface area contributed by atoms with Crippen molar-refractivity contribution in [3.63, 3.8) is 0 Å². The number of hydrogen-bond acceptors (Lipinski definition) is 5. The lowest BCUT2D eigenvalue weighted by atomic mass is 9.97. The Morgan fingerprint density at radius 2 is 1.79 bits per heavy atom. The third-order valence-electron chi connectivity index (χ3n) is 4.22. The van der Waals surface area contributed by atoms with Crippen molar-refractivity contribution in [1.29, 1.82) is 0 Å². The molecule has 0 aliphatic heterocycles. The van der Waals surface area contributed by atoms with Crippen molar-refractivity contribution in [2.24, 2.45) is 5.92 Å². The number of nitrogens with one attached hydrogen (secondary N) is 1. The molecule has 0 radical (unpaired) electrons. The highest BCUT2D eigenvalue weighted by molar-refractivity contribution is 5.95. The molecule has 0 fully saturated rings. The molecule has 1 amide bonds. The maximum atomic E-state index is 12.3. The highest BCUT2D eigenvalue weighted by atomic mass is 16.6. The minimum absolute atomic E-state index is 0.167. The SMILES string of the molecule is Cc1cccc(C(=O)OCC(=O)N[C@@H](CC(C)C)c2ccccc2)c1[N+](=O)[O-]. The van der Waals surface area contributed by atoms with E-state index in [1.54, 1.807) is 0 Å². The number of aryl methyl sites for hydroxylation is 1. The Morgan fingerprint density at radius 3 is 2.39 bits per heavy atom. The molecule has 0 saturated carbocycles. The van der Waals surface area contributed by atoms with Crippen LogP contribution >= 0.6 is 0 Å². The average Bonchev–Trinajstić information content (AvgIpc) is 2.65. The first-order valence-electron chi connectivity index (χ1n) is 9.05. The highest BCUT2D eigenvalue weighted by Crippen LogP contribution is 2.24. The molecule has 148 valence electrons. The van der Waals surface area contributed by atoms with Gasteiger partial charge in [-0.15, -0.1) is 0 Å². The maximum absolute atomic E-state index is 12.3. The average molecular weight is 384 g/mol. The van der Waals surface area contributed by atoms with Gasteiger partial charge in [0.25, 0.3) is 11.6 Å². The number of benzene rings is 2. The quantitative estimate of drug-likeness (QED) is 0.422. The largest absolute Gasteiger partial charge is 0.452 e. The number of nitrogens with zero attached hydrogens (tertiary/aromatic N) is 1. The van der Waals surface area contributed by atoms with Crippen molar-refractivity contribution in [1.82, 2.24) is 5.32 Å². The van der Waals surface area contributed by atoms with Crippen LogP contribution in [0.1, 0.15) is 47.8 Å². The molecule has 0 aliphatic rings. The lowest BCUT2D eigenvalue weighted by Gasteiger charge is -2.21. The number of nitro benzene ring substituents is 1. The van der Waals surface area contributed by atoms with E-state index in [1.165, 1.54) is 25.1 Å². The molecule has 0 unspecified atom stereocenters. The van der Waals surface area contributed by atoms with Gasteiger partial charge < -0.3 is 10.1 Å². The second kappa shape index (κ2) is 9.64. The van der Waals surface area contributed by atoms with Gasteiger partial charge >= 0.3 is 5.97 Å². The van der Waals surface area contributed by atoms with Gasteiger partial charge in [0, 0.05) is 5.56 Å². The molecule has 2 rings (SSSR count). The minimum atomic E-state index is -0.898. The van der Waals surface area contributed by atoms with Crippen molar-refractivity contribution in [2.45, 2.75) is 33.2 Å². The van der Waals surface area contributed by atoms with Gasteiger partial charge in [-0.25, -0.2) is 4.79 Å². The van der Waals surface area contributed by atoms with E-state index in [1.807, 2.05) is 30.3 Å². The number of amides is 1. The van der Waals surface area contributed by atoms with E-state index >= 15 is 0 Å². The zero-order valence-electron chi connectivity index (χ0n) is 16.2. The zero-order chi connectivity index (χ0) is 20.7. The summed E-state index contributed by atoms with van der Waals surface area (Å²) < 4.78 is 5.02. The Labute approximate surface area is 163 Å². The van der Waals surface area contributed by atoms with E-state index < -0.39 is 23.4 Å². The second-order valence-electron chi connectivity index (χ2n) is 6.96. The summed E-state index contributed by atoms with van der Waals surface area (Å²) in [5.74, 6) is -1.01. The van der Waals surface area contributed by atoms with Crippen molar-refractivity contribution < 1.29 is 19.2 Å². The smallest absolute Gasteiger partial charge is 0.345 e. The number of rotatable bonds is 8. The molecule has 1 N–H and O–H groups in total. The summed E-state index contributed by atoms with van der Waals surface area (Å²) in [6, 6.07) is 13.7. The number of ether oxygens (including phenoxy) is 1. The molecule has 0 bridgehead atoms. The van der Waals surface area contributed by atoms with Crippen LogP contribution in [0.3, 0.4) is 0 Å². The second-order valence-corrected chi connectivity index (χ2v) is 6.96. The molecule has 1 atom stereocenters. The Bertz CT molecular complexity index is 849. The highest BCUT2D eigenvalue weighted by Gasteiger charge is 2.24. The lowest BCUT2D eigenvalue weighted by molar-refractivity contribution is -0.385. The molecule has 0 heterocycles. The fourth-order valence-electron chi connectivity index (χ4n) is 2.95.